The fourth-order valence-electron chi connectivity index (χ4n) is 8.32. The van der Waals surface area contributed by atoms with Gasteiger partial charge in [0.05, 0.1) is 35.1 Å². The number of allylic oxidation sites excluding steroid dienone is 1. The van der Waals surface area contributed by atoms with Gasteiger partial charge in [0, 0.05) is 11.3 Å². The minimum absolute atomic E-state index is 0.0840. The van der Waals surface area contributed by atoms with E-state index in [1.807, 2.05) is 13.8 Å². The van der Waals surface area contributed by atoms with Gasteiger partial charge in [-0.1, -0.05) is 13.8 Å². The molecule has 10 atom stereocenters. The summed E-state index contributed by atoms with van der Waals surface area (Å²) < 4.78 is 0. The van der Waals surface area contributed by atoms with Crippen molar-refractivity contribution in [1.29, 1.82) is 0 Å². The highest BCUT2D eigenvalue weighted by molar-refractivity contribution is 5.95. The minimum Gasteiger partial charge on any atom is -0.390 e. The summed E-state index contributed by atoms with van der Waals surface area (Å²) in [5.41, 5.74) is -4.27. The minimum atomic E-state index is -1.46. The normalized spacial score (nSPS) is 47.2. The Morgan fingerprint density at radius 2 is 1.71 bits per heavy atom. The number of hydrogen-bond acceptors (Lipinski definition) is 7. The van der Waals surface area contributed by atoms with Crippen molar-refractivity contribution in [3.05, 3.63) is 11.6 Å². The van der Waals surface area contributed by atoms with Crippen molar-refractivity contribution in [3.63, 3.8) is 0 Å². The zero-order valence-electron chi connectivity index (χ0n) is 21.3. The van der Waals surface area contributed by atoms with Crippen molar-refractivity contribution in [3.8, 4) is 0 Å². The second-order valence-corrected chi connectivity index (χ2v) is 13.2. The van der Waals surface area contributed by atoms with Gasteiger partial charge in [0.2, 0.25) is 0 Å². The number of aliphatic hydroxyl groups excluding tert-OH is 3. The Hall–Kier alpha value is -0.830. The predicted molar refractivity (Wildman–Crippen MR) is 127 cm³/mol. The lowest BCUT2D eigenvalue weighted by atomic mass is 9.45. The van der Waals surface area contributed by atoms with E-state index >= 15 is 0 Å². The second kappa shape index (κ2) is 8.09. The third-order valence-corrected chi connectivity index (χ3v) is 10.5. The first-order valence-corrected chi connectivity index (χ1v) is 12.9. The maximum absolute atomic E-state index is 13.2. The first kappa shape index (κ1) is 26.2. The first-order chi connectivity index (χ1) is 15.5. The number of ketones is 1. The zero-order chi connectivity index (χ0) is 25.5. The summed E-state index contributed by atoms with van der Waals surface area (Å²) in [7, 11) is 0. The molecule has 0 bridgehead atoms. The number of carbonyl (C=O) groups excluding carboxylic acids is 1. The van der Waals surface area contributed by atoms with Gasteiger partial charge < -0.3 is 30.6 Å². The number of carbonyl (C=O) groups is 1. The molecule has 194 valence electrons. The highest BCUT2D eigenvalue weighted by atomic mass is 16.3. The van der Waals surface area contributed by atoms with E-state index in [1.54, 1.807) is 26.8 Å². The van der Waals surface area contributed by atoms with Crippen LogP contribution >= 0.6 is 0 Å². The van der Waals surface area contributed by atoms with Crippen LogP contribution in [0.1, 0.15) is 86.0 Å². The van der Waals surface area contributed by atoms with Gasteiger partial charge in [0.15, 0.2) is 5.78 Å². The van der Waals surface area contributed by atoms with Crippen LogP contribution in [0.15, 0.2) is 11.6 Å². The Balaban J connectivity index is 1.66. The van der Waals surface area contributed by atoms with Crippen molar-refractivity contribution in [2.75, 3.05) is 0 Å². The molecule has 6 N–H and O–H groups in total. The molecule has 7 heteroatoms. The van der Waals surface area contributed by atoms with Crippen LogP contribution in [0.4, 0.5) is 0 Å². The maximum atomic E-state index is 13.2. The summed E-state index contributed by atoms with van der Waals surface area (Å²) in [6.07, 6.45) is 2.11. The van der Waals surface area contributed by atoms with Gasteiger partial charge in [-0.25, -0.2) is 0 Å². The fraction of sp³-hybridized carbons (Fsp3) is 0.889. The molecule has 3 fully saturated rings. The molecule has 0 saturated heterocycles. The van der Waals surface area contributed by atoms with E-state index in [1.165, 1.54) is 0 Å². The van der Waals surface area contributed by atoms with Crippen LogP contribution in [0.3, 0.4) is 0 Å². The van der Waals surface area contributed by atoms with Crippen molar-refractivity contribution in [2.24, 2.45) is 28.6 Å². The number of hydrogen-bond donors (Lipinski definition) is 6. The fourth-order valence-corrected chi connectivity index (χ4v) is 8.32. The summed E-state index contributed by atoms with van der Waals surface area (Å²) in [5, 5.41) is 65.5. The lowest BCUT2D eigenvalue weighted by Gasteiger charge is -2.60. The van der Waals surface area contributed by atoms with E-state index in [4.69, 9.17) is 0 Å². The van der Waals surface area contributed by atoms with Gasteiger partial charge in [0.25, 0.3) is 0 Å². The predicted octanol–water partition coefficient (Wildman–Crippen LogP) is 1.85. The van der Waals surface area contributed by atoms with Crippen LogP contribution in [0.5, 0.6) is 0 Å². The van der Waals surface area contributed by atoms with Crippen LogP contribution in [0, 0.1) is 28.6 Å². The van der Waals surface area contributed by atoms with Gasteiger partial charge in [-0.3, -0.25) is 4.79 Å². The molecule has 0 aromatic rings. The first-order valence-electron chi connectivity index (χ1n) is 12.9. The molecule has 0 aromatic heterocycles. The largest absolute Gasteiger partial charge is 0.390 e. The van der Waals surface area contributed by atoms with Crippen LogP contribution in [0.2, 0.25) is 0 Å². The lowest BCUT2D eigenvalue weighted by molar-refractivity contribution is -0.177. The Morgan fingerprint density at radius 1 is 1.06 bits per heavy atom. The molecule has 4 rings (SSSR count). The second-order valence-electron chi connectivity index (χ2n) is 13.2. The van der Waals surface area contributed by atoms with E-state index in [0.717, 1.165) is 0 Å². The third-order valence-electron chi connectivity index (χ3n) is 10.5. The molecule has 4 aliphatic carbocycles. The van der Waals surface area contributed by atoms with Crippen LogP contribution in [-0.2, 0) is 4.79 Å². The van der Waals surface area contributed by atoms with Crippen molar-refractivity contribution in [2.45, 2.75) is 121 Å². The average molecular weight is 481 g/mol. The van der Waals surface area contributed by atoms with E-state index in [9.17, 15) is 35.4 Å². The summed E-state index contributed by atoms with van der Waals surface area (Å²) in [4.78, 5) is 13.2. The molecular formula is C27H44O7. The quantitative estimate of drug-likeness (QED) is 0.353. The van der Waals surface area contributed by atoms with Crippen LogP contribution < -0.4 is 0 Å². The third kappa shape index (κ3) is 3.73. The summed E-state index contributed by atoms with van der Waals surface area (Å²) in [6.45, 7) is 8.96. The van der Waals surface area contributed by atoms with E-state index in [0.29, 0.717) is 44.1 Å². The van der Waals surface area contributed by atoms with E-state index < -0.39 is 45.9 Å². The van der Waals surface area contributed by atoms with E-state index in [2.05, 4.69) is 0 Å². The van der Waals surface area contributed by atoms with Crippen molar-refractivity contribution >= 4 is 5.78 Å². The molecule has 34 heavy (non-hydrogen) atoms. The van der Waals surface area contributed by atoms with Crippen molar-refractivity contribution in [1.82, 2.24) is 0 Å². The highest BCUT2D eigenvalue weighted by Crippen LogP contribution is 2.68. The number of fused-ring (bicyclic) bond motifs is 5. The van der Waals surface area contributed by atoms with Crippen LogP contribution in [-0.4, -0.2) is 71.5 Å². The summed E-state index contributed by atoms with van der Waals surface area (Å²) >= 11 is 0. The standard InChI is InChI=1S/C27H44O7/c1-23(2,32)9-8-22(31)26(5,33)21-7-11-27(34)16-12-18(28)17-13-19(29)20(30)14-24(17,3)15(16)6-10-25(21,27)4/h12,15,17,19-22,29-34H,6-11,13-14H2,1-5H3/t15?,17-,19+,20-,21?,22+,24+,25+,26?,27+/m0/s1. The average Bonchev–Trinajstić information content (AvgIpc) is 3.00. The molecule has 0 spiro atoms. The Labute approximate surface area is 202 Å². The number of aliphatic hydroxyl groups is 6. The van der Waals surface area contributed by atoms with Gasteiger partial charge >= 0.3 is 0 Å². The van der Waals surface area contributed by atoms with Gasteiger partial charge in [-0.05, 0) is 101 Å². The van der Waals surface area contributed by atoms with Crippen molar-refractivity contribution < 1.29 is 35.4 Å². The Morgan fingerprint density at radius 3 is 2.32 bits per heavy atom. The molecule has 0 radical (unpaired) electrons. The van der Waals surface area contributed by atoms with Gasteiger partial charge in [-0.15, -0.1) is 0 Å². The highest BCUT2D eigenvalue weighted by Gasteiger charge is 2.69. The molecule has 7 nitrogen and oxygen atoms in total. The van der Waals surface area contributed by atoms with Crippen LogP contribution in [0.25, 0.3) is 0 Å². The molecule has 0 heterocycles. The molecule has 0 aromatic carbocycles. The molecule has 3 unspecified atom stereocenters. The topological polar surface area (TPSA) is 138 Å². The lowest BCUT2D eigenvalue weighted by Crippen LogP contribution is -2.62. The Bertz CT molecular complexity index is 860. The molecule has 3 saturated carbocycles. The zero-order valence-corrected chi connectivity index (χ0v) is 21.3. The Kier molecular flexibility index (Phi) is 6.24. The molecule has 0 amide bonds. The monoisotopic (exact) mass is 480 g/mol. The van der Waals surface area contributed by atoms with Gasteiger partial charge in [-0.2, -0.15) is 0 Å². The smallest absolute Gasteiger partial charge is 0.159 e. The SMILES string of the molecule is CC(C)(O)CC[C@@H](O)C(C)(O)C1CC[C@@]2(O)C3=CC(=O)[C@@H]4C[C@@H](O)[C@@H](O)C[C@]4(C)C3CC[C@]12C. The molecule has 0 aliphatic heterocycles. The summed E-state index contributed by atoms with van der Waals surface area (Å²) in [6, 6.07) is 0. The number of rotatable bonds is 5. The summed E-state index contributed by atoms with van der Waals surface area (Å²) in [5.74, 6) is -0.948. The van der Waals surface area contributed by atoms with E-state index in [-0.39, 0.29) is 36.4 Å². The van der Waals surface area contributed by atoms with Gasteiger partial charge in [0.1, 0.15) is 0 Å². The molecular weight excluding hydrogens is 436 g/mol. The maximum Gasteiger partial charge on any atom is 0.159 e. The molecule has 4 aliphatic rings.